The summed E-state index contributed by atoms with van der Waals surface area (Å²) in [6, 6.07) is -0.125. The third-order valence-corrected chi connectivity index (χ3v) is 3.66. The van der Waals surface area contributed by atoms with Crippen LogP contribution in [0.2, 0.25) is 0 Å². The number of nitrogens with one attached hydrogen (secondary N) is 1. The SMILES string of the molecule is CCN(CC)C(=O)CN(C)C(=O)C1NCCC1C. The van der Waals surface area contributed by atoms with Gasteiger partial charge in [-0.05, 0) is 32.7 Å². The molecule has 5 heteroatoms. The highest BCUT2D eigenvalue weighted by Crippen LogP contribution is 2.16. The lowest BCUT2D eigenvalue weighted by Gasteiger charge is -2.26. The van der Waals surface area contributed by atoms with Gasteiger partial charge in [-0.3, -0.25) is 9.59 Å². The number of likely N-dealkylation sites (N-methyl/N-ethyl adjacent to an activating group) is 2. The van der Waals surface area contributed by atoms with Gasteiger partial charge in [0.25, 0.3) is 0 Å². The molecule has 1 saturated heterocycles. The van der Waals surface area contributed by atoms with E-state index in [9.17, 15) is 9.59 Å². The van der Waals surface area contributed by atoms with Crippen LogP contribution in [0.3, 0.4) is 0 Å². The van der Waals surface area contributed by atoms with Gasteiger partial charge in [-0.2, -0.15) is 0 Å². The molecular weight excluding hydrogens is 230 g/mol. The van der Waals surface area contributed by atoms with Crippen molar-refractivity contribution < 1.29 is 9.59 Å². The Hall–Kier alpha value is -1.10. The van der Waals surface area contributed by atoms with E-state index in [0.717, 1.165) is 13.0 Å². The summed E-state index contributed by atoms with van der Waals surface area (Å²) in [5, 5.41) is 3.20. The van der Waals surface area contributed by atoms with Crippen LogP contribution in [0.25, 0.3) is 0 Å². The van der Waals surface area contributed by atoms with E-state index in [-0.39, 0.29) is 24.4 Å². The Kier molecular flexibility index (Phi) is 5.59. The van der Waals surface area contributed by atoms with Crippen LogP contribution in [-0.2, 0) is 9.59 Å². The van der Waals surface area contributed by atoms with Gasteiger partial charge in [0.1, 0.15) is 0 Å². The van der Waals surface area contributed by atoms with Crippen molar-refractivity contribution in [3.63, 3.8) is 0 Å². The van der Waals surface area contributed by atoms with Gasteiger partial charge in [0, 0.05) is 20.1 Å². The number of hydrogen-bond donors (Lipinski definition) is 1. The van der Waals surface area contributed by atoms with E-state index in [2.05, 4.69) is 12.2 Å². The van der Waals surface area contributed by atoms with E-state index in [0.29, 0.717) is 19.0 Å². The molecule has 0 aromatic carbocycles. The van der Waals surface area contributed by atoms with Gasteiger partial charge in [0.15, 0.2) is 0 Å². The molecule has 1 aliphatic rings. The van der Waals surface area contributed by atoms with Crippen LogP contribution >= 0.6 is 0 Å². The second-order valence-electron chi connectivity index (χ2n) is 4.96. The highest BCUT2D eigenvalue weighted by molar-refractivity contribution is 5.87. The molecule has 0 radical (unpaired) electrons. The van der Waals surface area contributed by atoms with Gasteiger partial charge in [0.2, 0.25) is 11.8 Å². The molecule has 5 nitrogen and oxygen atoms in total. The van der Waals surface area contributed by atoms with Gasteiger partial charge in [-0.15, -0.1) is 0 Å². The minimum atomic E-state index is -0.125. The maximum absolute atomic E-state index is 12.2. The minimum absolute atomic E-state index is 0.0153. The van der Waals surface area contributed by atoms with Gasteiger partial charge in [-0.25, -0.2) is 0 Å². The average Bonchev–Trinajstić information content (AvgIpc) is 2.76. The van der Waals surface area contributed by atoms with E-state index < -0.39 is 0 Å². The van der Waals surface area contributed by atoms with Crippen LogP contribution in [-0.4, -0.2) is 60.9 Å². The number of hydrogen-bond acceptors (Lipinski definition) is 3. The topological polar surface area (TPSA) is 52.7 Å². The number of carbonyl (C=O) groups excluding carboxylic acids is 2. The summed E-state index contributed by atoms with van der Waals surface area (Å²) < 4.78 is 0. The van der Waals surface area contributed by atoms with Gasteiger partial charge >= 0.3 is 0 Å². The normalized spacial score (nSPS) is 22.9. The fourth-order valence-corrected chi connectivity index (χ4v) is 2.36. The molecule has 0 bridgehead atoms. The lowest BCUT2D eigenvalue weighted by atomic mass is 10.0. The fourth-order valence-electron chi connectivity index (χ4n) is 2.36. The molecule has 2 unspecified atom stereocenters. The maximum Gasteiger partial charge on any atom is 0.242 e. The van der Waals surface area contributed by atoms with E-state index in [1.165, 1.54) is 0 Å². The van der Waals surface area contributed by atoms with Crippen molar-refractivity contribution in [1.29, 1.82) is 0 Å². The van der Waals surface area contributed by atoms with Gasteiger partial charge in [0.05, 0.1) is 12.6 Å². The quantitative estimate of drug-likeness (QED) is 0.769. The van der Waals surface area contributed by atoms with Crippen LogP contribution in [0, 0.1) is 5.92 Å². The van der Waals surface area contributed by atoms with Crippen molar-refractivity contribution in [1.82, 2.24) is 15.1 Å². The standard InChI is InChI=1S/C13H25N3O2/c1-5-16(6-2)11(17)9-15(4)13(18)12-10(3)7-8-14-12/h10,12,14H,5-9H2,1-4H3. The molecule has 1 N–H and O–H groups in total. The molecule has 0 spiro atoms. The molecule has 0 aliphatic carbocycles. The molecule has 1 aliphatic heterocycles. The van der Waals surface area contributed by atoms with Crippen molar-refractivity contribution in [3.8, 4) is 0 Å². The summed E-state index contributed by atoms with van der Waals surface area (Å²) in [5.41, 5.74) is 0. The highest BCUT2D eigenvalue weighted by Gasteiger charge is 2.32. The van der Waals surface area contributed by atoms with Crippen LogP contribution in [0.4, 0.5) is 0 Å². The first kappa shape index (κ1) is 15.0. The van der Waals surface area contributed by atoms with Gasteiger partial charge < -0.3 is 15.1 Å². The molecule has 2 amide bonds. The molecule has 2 atom stereocenters. The smallest absolute Gasteiger partial charge is 0.242 e. The zero-order valence-electron chi connectivity index (χ0n) is 11.9. The summed E-state index contributed by atoms with van der Waals surface area (Å²) in [4.78, 5) is 27.4. The average molecular weight is 255 g/mol. The second-order valence-corrected chi connectivity index (χ2v) is 4.96. The maximum atomic E-state index is 12.2. The van der Waals surface area contributed by atoms with Crippen LogP contribution < -0.4 is 5.32 Å². The molecule has 104 valence electrons. The molecule has 0 aromatic rings. The van der Waals surface area contributed by atoms with Gasteiger partial charge in [-0.1, -0.05) is 6.92 Å². The molecular formula is C13H25N3O2. The van der Waals surface area contributed by atoms with Crippen molar-refractivity contribution in [2.75, 3.05) is 33.2 Å². The third-order valence-electron chi connectivity index (χ3n) is 3.66. The van der Waals surface area contributed by atoms with Crippen molar-refractivity contribution >= 4 is 11.8 Å². The summed E-state index contributed by atoms with van der Waals surface area (Å²) in [7, 11) is 1.70. The molecule has 1 rings (SSSR count). The first-order valence-electron chi connectivity index (χ1n) is 6.77. The Morgan fingerprint density at radius 3 is 2.33 bits per heavy atom. The molecule has 0 aromatic heterocycles. The Balaban J connectivity index is 2.51. The highest BCUT2D eigenvalue weighted by atomic mass is 16.2. The summed E-state index contributed by atoms with van der Waals surface area (Å²) in [6.07, 6.45) is 1.02. The second kappa shape index (κ2) is 6.73. The van der Waals surface area contributed by atoms with Crippen LogP contribution in [0.1, 0.15) is 27.2 Å². The third kappa shape index (κ3) is 3.45. The number of nitrogens with zero attached hydrogens (tertiary/aromatic N) is 2. The van der Waals surface area contributed by atoms with E-state index in [4.69, 9.17) is 0 Å². The molecule has 0 saturated carbocycles. The Morgan fingerprint density at radius 2 is 1.89 bits per heavy atom. The lowest BCUT2D eigenvalue weighted by Crippen LogP contribution is -2.48. The Morgan fingerprint density at radius 1 is 1.28 bits per heavy atom. The lowest BCUT2D eigenvalue weighted by molar-refractivity contribution is -0.140. The summed E-state index contributed by atoms with van der Waals surface area (Å²) in [5.74, 6) is 0.394. The van der Waals surface area contributed by atoms with E-state index in [1.807, 2.05) is 13.8 Å². The predicted molar refractivity (Wildman–Crippen MR) is 71.1 cm³/mol. The van der Waals surface area contributed by atoms with Crippen LogP contribution in [0.15, 0.2) is 0 Å². The monoisotopic (exact) mass is 255 g/mol. The summed E-state index contributed by atoms with van der Waals surface area (Å²) in [6.45, 7) is 8.40. The van der Waals surface area contributed by atoms with E-state index in [1.54, 1.807) is 16.8 Å². The Labute approximate surface area is 110 Å². The fraction of sp³-hybridized carbons (Fsp3) is 0.846. The summed E-state index contributed by atoms with van der Waals surface area (Å²) >= 11 is 0. The minimum Gasteiger partial charge on any atom is -0.342 e. The molecule has 1 heterocycles. The first-order valence-corrected chi connectivity index (χ1v) is 6.77. The number of rotatable bonds is 5. The zero-order valence-corrected chi connectivity index (χ0v) is 11.9. The molecule has 1 fully saturated rings. The number of carbonyl (C=O) groups is 2. The number of amides is 2. The van der Waals surface area contributed by atoms with Crippen molar-refractivity contribution in [2.45, 2.75) is 33.2 Å². The van der Waals surface area contributed by atoms with Crippen LogP contribution in [0.5, 0.6) is 0 Å². The Bertz CT molecular complexity index is 303. The first-order chi connectivity index (χ1) is 8.51. The molecule has 18 heavy (non-hydrogen) atoms. The predicted octanol–water partition coefficient (Wildman–Crippen LogP) is 0.311. The van der Waals surface area contributed by atoms with Crippen molar-refractivity contribution in [2.24, 2.45) is 5.92 Å². The van der Waals surface area contributed by atoms with E-state index >= 15 is 0 Å². The largest absolute Gasteiger partial charge is 0.342 e. The van der Waals surface area contributed by atoms with Crippen molar-refractivity contribution in [3.05, 3.63) is 0 Å². The zero-order chi connectivity index (χ0) is 13.7.